The van der Waals surface area contributed by atoms with Gasteiger partial charge in [0.25, 0.3) is 0 Å². The number of halogens is 2. The largest absolute Gasteiger partial charge is 0.295 e. The third kappa shape index (κ3) is 3.71. The lowest BCUT2D eigenvalue weighted by Gasteiger charge is -2.48. The van der Waals surface area contributed by atoms with Gasteiger partial charge in [-0.05, 0) is 38.4 Å². The van der Waals surface area contributed by atoms with Gasteiger partial charge >= 0.3 is 0 Å². The normalized spacial score (nSPS) is 24.6. The lowest BCUT2D eigenvalue weighted by atomic mass is 9.99. The van der Waals surface area contributed by atoms with E-state index in [0.717, 1.165) is 12.6 Å². The zero-order chi connectivity index (χ0) is 16.6. The second-order valence-electron chi connectivity index (χ2n) is 6.55. The highest BCUT2D eigenvalue weighted by Crippen LogP contribution is 2.27. The summed E-state index contributed by atoms with van der Waals surface area (Å²) in [5, 5.41) is 0.270. The molecule has 0 aromatic heterocycles. The first-order chi connectivity index (χ1) is 10.9. The predicted octanol–water partition coefficient (Wildman–Crippen LogP) is 2.87. The van der Waals surface area contributed by atoms with Crippen LogP contribution in [-0.4, -0.2) is 49.3 Å². The molecule has 0 spiro atoms. The van der Waals surface area contributed by atoms with E-state index in [0.29, 0.717) is 25.2 Å². The zero-order valence-corrected chi connectivity index (χ0v) is 14.8. The van der Waals surface area contributed by atoms with E-state index in [9.17, 15) is 12.8 Å². The van der Waals surface area contributed by atoms with Crippen molar-refractivity contribution in [1.82, 2.24) is 9.21 Å². The molecule has 2 aliphatic heterocycles. The van der Waals surface area contributed by atoms with Gasteiger partial charge in [0.15, 0.2) is 0 Å². The third-order valence-corrected chi connectivity index (χ3v) is 6.89. The van der Waals surface area contributed by atoms with Crippen LogP contribution in [0.5, 0.6) is 0 Å². The van der Waals surface area contributed by atoms with Crippen LogP contribution in [0.15, 0.2) is 18.2 Å². The van der Waals surface area contributed by atoms with Crippen molar-refractivity contribution in [2.75, 3.05) is 19.6 Å². The van der Waals surface area contributed by atoms with E-state index < -0.39 is 15.8 Å². The minimum absolute atomic E-state index is 0.171. The highest BCUT2D eigenvalue weighted by molar-refractivity contribution is 7.88. The van der Waals surface area contributed by atoms with Crippen LogP contribution in [0.2, 0.25) is 5.02 Å². The standard InChI is InChI=1S/C16H22ClFN2O2S/c1-12-4-2-3-7-20(12)15-9-19(10-15)23(21,22)11-13-5-6-14(17)8-16(13)18/h5-6,8,12,15H,2-4,7,9-11H2,1H3. The van der Waals surface area contributed by atoms with Crippen molar-refractivity contribution in [2.45, 2.75) is 44.0 Å². The van der Waals surface area contributed by atoms with Crippen LogP contribution in [-0.2, 0) is 15.8 Å². The molecule has 23 heavy (non-hydrogen) atoms. The number of likely N-dealkylation sites (tertiary alicyclic amines) is 1. The van der Waals surface area contributed by atoms with Gasteiger partial charge in [0.1, 0.15) is 5.82 Å². The fourth-order valence-electron chi connectivity index (χ4n) is 3.44. The van der Waals surface area contributed by atoms with E-state index in [2.05, 4.69) is 11.8 Å². The Hall–Kier alpha value is -0.690. The Morgan fingerprint density at radius 2 is 2.04 bits per heavy atom. The summed E-state index contributed by atoms with van der Waals surface area (Å²) in [6, 6.07) is 4.94. The van der Waals surface area contributed by atoms with Crippen LogP contribution in [0.25, 0.3) is 0 Å². The summed E-state index contributed by atoms with van der Waals surface area (Å²) < 4.78 is 40.1. The molecule has 0 bridgehead atoms. The Labute approximate surface area is 142 Å². The van der Waals surface area contributed by atoms with Crippen molar-refractivity contribution in [3.8, 4) is 0 Å². The summed E-state index contributed by atoms with van der Waals surface area (Å²) in [5.41, 5.74) is 0.171. The van der Waals surface area contributed by atoms with Crippen LogP contribution in [0, 0.1) is 5.82 Å². The van der Waals surface area contributed by atoms with Crippen molar-refractivity contribution >= 4 is 21.6 Å². The highest BCUT2D eigenvalue weighted by Gasteiger charge is 2.40. The average Bonchev–Trinajstić information content (AvgIpc) is 2.42. The van der Waals surface area contributed by atoms with Crippen LogP contribution < -0.4 is 0 Å². The molecule has 128 valence electrons. The Morgan fingerprint density at radius 3 is 2.70 bits per heavy atom. The summed E-state index contributed by atoms with van der Waals surface area (Å²) in [4.78, 5) is 2.42. The molecule has 0 radical (unpaired) electrons. The monoisotopic (exact) mass is 360 g/mol. The average molecular weight is 361 g/mol. The number of rotatable bonds is 4. The summed E-state index contributed by atoms with van der Waals surface area (Å²) in [6.45, 7) is 4.29. The maximum absolute atomic E-state index is 13.8. The third-order valence-electron chi connectivity index (χ3n) is 4.90. The first-order valence-corrected chi connectivity index (χ1v) is 10.0. The van der Waals surface area contributed by atoms with E-state index in [4.69, 9.17) is 11.6 Å². The molecule has 1 unspecified atom stereocenters. The highest BCUT2D eigenvalue weighted by atomic mass is 35.5. The number of sulfonamides is 1. The van der Waals surface area contributed by atoms with Gasteiger partial charge in [0, 0.05) is 35.8 Å². The molecule has 0 amide bonds. The molecule has 1 aromatic carbocycles. The fourth-order valence-corrected chi connectivity index (χ4v) is 5.21. The number of hydrogen-bond donors (Lipinski definition) is 0. The molecule has 2 aliphatic rings. The molecule has 7 heteroatoms. The molecular formula is C16H22ClFN2O2S. The quantitative estimate of drug-likeness (QED) is 0.829. The SMILES string of the molecule is CC1CCCCN1C1CN(S(=O)(=O)Cc2ccc(Cl)cc2F)C1. The first kappa shape index (κ1) is 17.1. The number of benzene rings is 1. The number of piperidine rings is 1. The second kappa shape index (κ2) is 6.67. The van der Waals surface area contributed by atoms with Gasteiger partial charge in [-0.25, -0.2) is 12.8 Å². The Kier molecular flexibility index (Phi) is 4.97. The number of nitrogens with zero attached hydrogens (tertiary/aromatic N) is 2. The molecule has 2 saturated heterocycles. The minimum atomic E-state index is -3.48. The van der Waals surface area contributed by atoms with Gasteiger partial charge in [0.2, 0.25) is 10.0 Å². The number of hydrogen-bond acceptors (Lipinski definition) is 3. The summed E-state index contributed by atoms with van der Waals surface area (Å²) >= 11 is 5.70. The zero-order valence-electron chi connectivity index (χ0n) is 13.2. The summed E-state index contributed by atoms with van der Waals surface area (Å²) in [7, 11) is -3.48. The molecule has 3 rings (SSSR count). The Bertz CT molecular complexity index is 677. The molecule has 2 fully saturated rings. The summed E-state index contributed by atoms with van der Waals surface area (Å²) in [5.74, 6) is -0.874. The minimum Gasteiger partial charge on any atom is -0.295 e. The van der Waals surface area contributed by atoms with Crippen molar-refractivity contribution in [3.63, 3.8) is 0 Å². The molecule has 0 saturated carbocycles. The van der Waals surface area contributed by atoms with Gasteiger partial charge in [-0.2, -0.15) is 4.31 Å². The lowest BCUT2D eigenvalue weighted by molar-refractivity contribution is 0.0360. The van der Waals surface area contributed by atoms with E-state index in [-0.39, 0.29) is 16.3 Å². The fraction of sp³-hybridized carbons (Fsp3) is 0.625. The van der Waals surface area contributed by atoms with Gasteiger partial charge < -0.3 is 0 Å². The van der Waals surface area contributed by atoms with Crippen LogP contribution in [0.3, 0.4) is 0 Å². The first-order valence-electron chi connectivity index (χ1n) is 8.04. The van der Waals surface area contributed by atoms with Crippen LogP contribution in [0.4, 0.5) is 4.39 Å². The topological polar surface area (TPSA) is 40.6 Å². The Morgan fingerprint density at radius 1 is 1.30 bits per heavy atom. The van der Waals surface area contributed by atoms with Crippen LogP contribution >= 0.6 is 11.6 Å². The van der Waals surface area contributed by atoms with E-state index in [1.807, 2.05) is 0 Å². The molecule has 2 heterocycles. The van der Waals surface area contributed by atoms with Crippen molar-refractivity contribution < 1.29 is 12.8 Å². The molecule has 1 aromatic rings. The molecule has 0 aliphatic carbocycles. The molecule has 0 N–H and O–H groups in total. The van der Waals surface area contributed by atoms with Gasteiger partial charge in [-0.1, -0.05) is 24.1 Å². The molecule has 4 nitrogen and oxygen atoms in total. The maximum atomic E-state index is 13.8. The van der Waals surface area contributed by atoms with E-state index in [1.165, 1.54) is 35.7 Å². The summed E-state index contributed by atoms with van der Waals surface area (Å²) in [6.07, 6.45) is 3.62. The molecular weight excluding hydrogens is 339 g/mol. The second-order valence-corrected chi connectivity index (χ2v) is 8.95. The van der Waals surface area contributed by atoms with Gasteiger partial charge in [0.05, 0.1) is 5.75 Å². The van der Waals surface area contributed by atoms with Gasteiger partial charge in [-0.15, -0.1) is 0 Å². The van der Waals surface area contributed by atoms with Crippen molar-refractivity contribution in [2.24, 2.45) is 0 Å². The smallest absolute Gasteiger partial charge is 0.218 e. The maximum Gasteiger partial charge on any atom is 0.218 e. The van der Waals surface area contributed by atoms with Gasteiger partial charge in [-0.3, -0.25) is 4.90 Å². The van der Waals surface area contributed by atoms with E-state index >= 15 is 0 Å². The molecule has 1 atom stereocenters. The van der Waals surface area contributed by atoms with Crippen molar-refractivity contribution in [1.29, 1.82) is 0 Å². The van der Waals surface area contributed by atoms with E-state index in [1.54, 1.807) is 0 Å². The lowest BCUT2D eigenvalue weighted by Crippen LogP contribution is -2.63. The predicted molar refractivity (Wildman–Crippen MR) is 89.4 cm³/mol. The Balaban J connectivity index is 1.61. The van der Waals surface area contributed by atoms with Crippen LogP contribution in [0.1, 0.15) is 31.7 Å². The van der Waals surface area contributed by atoms with Crippen molar-refractivity contribution in [3.05, 3.63) is 34.6 Å².